The van der Waals surface area contributed by atoms with Crippen LogP contribution >= 0.6 is 11.3 Å². The predicted octanol–water partition coefficient (Wildman–Crippen LogP) is 8.69. The topological polar surface area (TPSA) is 28.7 Å². The summed E-state index contributed by atoms with van der Waals surface area (Å²) in [4.78, 5) is 0. The molecule has 2 heterocycles. The third kappa shape index (κ3) is 2.67. The highest BCUT2D eigenvalue weighted by molar-refractivity contribution is 7.25. The number of benzene rings is 5. The lowest BCUT2D eigenvalue weighted by Gasteiger charge is -2.13. The van der Waals surface area contributed by atoms with Crippen LogP contribution in [0.3, 0.4) is 0 Å². The molecule has 7 aromatic rings. The van der Waals surface area contributed by atoms with Gasteiger partial charge in [-0.2, -0.15) is 5.26 Å². The SMILES string of the molecule is N#Cc1c(-c2ccc3sc4ccccc4c3c2)cccc1-n1c2ccccc2c2ccccc21. The van der Waals surface area contributed by atoms with Crippen molar-refractivity contribution in [1.82, 2.24) is 4.57 Å². The molecule has 0 aliphatic rings. The number of aromatic nitrogens is 1. The maximum atomic E-state index is 10.4. The molecule has 3 heteroatoms. The Morgan fingerprint density at radius 1 is 0.588 bits per heavy atom. The van der Waals surface area contributed by atoms with E-state index in [1.54, 1.807) is 0 Å². The maximum Gasteiger partial charge on any atom is 0.102 e. The fourth-order valence-corrected chi connectivity index (χ4v) is 6.25. The second-order valence-electron chi connectivity index (χ2n) is 8.49. The van der Waals surface area contributed by atoms with Gasteiger partial charge in [-0.05, 0) is 42.0 Å². The molecule has 2 nitrogen and oxygen atoms in total. The zero-order chi connectivity index (χ0) is 22.6. The van der Waals surface area contributed by atoms with E-state index in [0.29, 0.717) is 5.56 Å². The summed E-state index contributed by atoms with van der Waals surface area (Å²) in [6.07, 6.45) is 0. The van der Waals surface area contributed by atoms with E-state index in [0.717, 1.165) is 27.8 Å². The van der Waals surface area contributed by atoms with Crippen molar-refractivity contribution >= 4 is 53.3 Å². The smallest absolute Gasteiger partial charge is 0.102 e. The van der Waals surface area contributed by atoms with E-state index >= 15 is 0 Å². The van der Waals surface area contributed by atoms with Crippen molar-refractivity contribution < 1.29 is 0 Å². The van der Waals surface area contributed by atoms with Crippen LogP contribution in [-0.2, 0) is 0 Å². The van der Waals surface area contributed by atoms with Crippen LogP contribution in [0.5, 0.6) is 0 Å². The van der Waals surface area contributed by atoms with Crippen LogP contribution in [0.25, 0.3) is 58.8 Å². The van der Waals surface area contributed by atoms with Gasteiger partial charge in [-0.25, -0.2) is 0 Å². The Morgan fingerprint density at radius 3 is 1.97 bits per heavy atom. The van der Waals surface area contributed by atoms with Crippen LogP contribution in [-0.4, -0.2) is 4.57 Å². The molecule has 0 N–H and O–H groups in total. The zero-order valence-electron chi connectivity index (χ0n) is 18.2. The fraction of sp³-hybridized carbons (Fsp3) is 0. The van der Waals surface area contributed by atoms with Gasteiger partial charge in [0.2, 0.25) is 0 Å². The van der Waals surface area contributed by atoms with Gasteiger partial charge in [-0.15, -0.1) is 11.3 Å². The molecule has 0 aliphatic heterocycles. The molecule has 0 aliphatic carbocycles. The van der Waals surface area contributed by atoms with Crippen molar-refractivity contribution in [2.45, 2.75) is 0 Å². The lowest BCUT2D eigenvalue weighted by Crippen LogP contribution is -1.99. The third-order valence-corrected chi connectivity index (χ3v) is 7.81. The van der Waals surface area contributed by atoms with Crippen molar-refractivity contribution in [2.24, 2.45) is 0 Å². The Kier molecular flexibility index (Phi) is 4.11. The highest BCUT2D eigenvalue weighted by Gasteiger charge is 2.17. The summed E-state index contributed by atoms with van der Waals surface area (Å²) in [5.74, 6) is 0. The first-order valence-electron chi connectivity index (χ1n) is 11.3. The minimum Gasteiger partial charge on any atom is -0.308 e. The van der Waals surface area contributed by atoms with E-state index in [1.165, 1.54) is 30.9 Å². The Bertz CT molecular complexity index is 1880. The minimum atomic E-state index is 0.688. The first-order valence-corrected chi connectivity index (χ1v) is 12.1. The molecule has 0 bridgehead atoms. The Hall–Kier alpha value is -4.39. The zero-order valence-corrected chi connectivity index (χ0v) is 19.0. The summed E-state index contributed by atoms with van der Waals surface area (Å²) in [6.45, 7) is 0. The van der Waals surface area contributed by atoms with Crippen LogP contribution < -0.4 is 0 Å². The summed E-state index contributed by atoms with van der Waals surface area (Å²) in [5, 5.41) is 15.3. The molecule has 5 aromatic carbocycles. The second kappa shape index (κ2) is 7.31. The molecule has 0 fully saturated rings. The molecule has 7 rings (SSSR count). The standard InChI is InChI=1S/C31H18N2S/c32-19-26-21(20-16-17-31-25(18-20)24-10-3-6-15-30(24)34-31)11-7-14-29(26)33-27-12-4-1-8-22(27)23-9-2-5-13-28(23)33/h1-18H. The normalized spacial score (nSPS) is 11.5. The molecular formula is C31H18N2S. The molecule has 0 spiro atoms. The molecule has 0 radical (unpaired) electrons. The van der Waals surface area contributed by atoms with Crippen molar-refractivity contribution in [3.63, 3.8) is 0 Å². The van der Waals surface area contributed by atoms with Crippen molar-refractivity contribution in [2.75, 3.05) is 0 Å². The fourth-order valence-electron chi connectivity index (χ4n) is 5.16. The van der Waals surface area contributed by atoms with Gasteiger partial charge in [-0.3, -0.25) is 0 Å². The van der Waals surface area contributed by atoms with E-state index in [1.807, 2.05) is 11.3 Å². The number of para-hydroxylation sites is 2. The predicted molar refractivity (Wildman–Crippen MR) is 144 cm³/mol. The van der Waals surface area contributed by atoms with E-state index in [4.69, 9.17) is 0 Å². The van der Waals surface area contributed by atoms with Crippen molar-refractivity contribution in [1.29, 1.82) is 5.26 Å². The van der Waals surface area contributed by atoms with Crippen molar-refractivity contribution in [3.8, 4) is 22.9 Å². The Balaban J connectivity index is 1.53. The molecule has 0 saturated heterocycles. The summed E-state index contributed by atoms with van der Waals surface area (Å²) in [6, 6.07) is 40.6. The number of rotatable bonds is 2. The number of nitrogens with zero attached hydrogens (tertiary/aromatic N) is 2. The molecule has 0 atom stereocenters. The second-order valence-corrected chi connectivity index (χ2v) is 9.57. The molecule has 0 unspecified atom stereocenters. The van der Waals surface area contributed by atoms with Gasteiger partial charge in [0.15, 0.2) is 0 Å². The monoisotopic (exact) mass is 450 g/mol. The average molecular weight is 451 g/mol. The number of hydrogen-bond acceptors (Lipinski definition) is 2. The van der Waals surface area contributed by atoms with E-state index < -0.39 is 0 Å². The lowest BCUT2D eigenvalue weighted by molar-refractivity contribution is 1.17. The number of nitriles is 1. The third-order valence-electron chi connectivity index (χ3n) is 6.66. The van der Waals surface area contributed by atoms with E-state index in [2.05, 4.69) is 120 Å². The molecular weight excluding hydrogens is 432 g/mol. The Morgan fingerprint density at radius 2 is 1.24 bits per heavy atom. The van der Waals surface area contributed by atoms with Gasteiger partial charge in [0.1, 0.15) is 6.07 Å². The van der Waals surface area contributed by atoms with Crippen molar-refractivity contribution in [3.05, 3.63) is 115 Å². The molecule has 158 valence electrons. The average Bonchev–Trinajstić information content (AvgIpc) is 3.43. The summed E-state index contributed by atoms with van der Waals surface area (Å²) < 4.78 is 4.78. The van der Waals surface area contributed by atoms with Crippen LogP contribution in [0.15, 0.2) is 109 Å². The maximum absolute atomic E-state index is 10.4. The minimum absolute atomic E-state index is 0.688. The quantitative estimate of drug-likeness (QED) is 0.259. The van der Waals surface area contributed by atoms with Crippen LogP contribution in [0.2, 0.25) is 0 Å². The molecule has 34 heavy (non-hydrogen) atoms. The van der Waals surface area contributed by atoms with Gasteiger partial charge in [-0.1, -0.05) is 72.8 Å². The largest absolute Gasteiger partial charge is 0.308 e. The first-order chi connectivity index (χ1) is 16.8. The number of thiophene rings is 1. The van der Waals surface area contributed by atoms with Gasteiger partial charge in [0.25, 0.3) is 0 Å². The number of fused-ring (bicyclic) bond motifs is 6. The van der Waals surface area contributed by atoms with Crippen LogP contribution in [0, 0.1) is 11.3 Å². The highest BCUT2D eigenvalue weighted by atomic mass is 32.1. The molecule has 2 aromatic heterocycles. The van der Waals surface area contributed by atoms with Gasteiger partial charge in [0, 0.05) is 36.5 Å². The van der Waals surface area contributed by atoms with Gasteiger partial charge >= 0.3 is 0 Å². The lowest BCUT2D eigenvalue weighted by atomic mass is 9.97. The van der Waals surface area contributed by atoms with E-state index in [-0.39, 0.29) is 0 Å². The van der Waals surface area contributed by atoms with E-state index in [9.17, 15) is 5.26 Å². The Labute approximate surface area is 200 Å². The van der Waals surface area contributed by atoms with Gasteiger partial charge in [0.05, 0.1) is 22.3 Å². The summed E-state index contributed by atoms with van der Waals surface area (Å²) in [7, 11) is 0. The van der Waals surface area contributed by atoms with Crippen LogP contribution in [0.1, 0.15) is 5.56 Å². The highest BCUT2D eigenvalue weighted by Crippen LogP contribution is 2.39. The van der Waals surface area contributed by atoms with Crippen LogP contribution in [0.4, 0.5) is 0 Å². The summed E-state index contributed by atoms with van der Waals surface area (Å²) in [5.41, 5.74) is 5.84. The van der Waals surface area contributed by atoms with Gasteiger partial charge < -0.3 is 4.57 Å². The summed E-state index contributed by atoms with van der Waals surface area (Å²) >= 11 is 1.81. The molecule has 0 saturated carbocycles. The number of hydrogen-bond donors (Lipinski definition) is 0. The first kappa shape index (κ1) is 19.1. The molecule has 0 amide bonds.